The highest BCUT2D eigenvalue weighted by Gasteiger charge is 2.17. The van der Waals surface area contributed by atoms with E-state index in [0.29, 0.717) is 12.0 Å². The van der Waals surface area contributed by atoms with E-state index in [2.05, 4.69) is 10.0 Å². The first kappa shape index (κ1) is 20.9. The highest BCUT2D eigenvalue weighted by Crippen LogP contribution is 2.18. The average molecular weight is 391 g/mol. The summed E-state index contributed by atoms with van der Waals surface area (Å²) in [6.07, 6.45) is 0.509. The molecule has 0 aromatic heterocycles. The number of hydrogen-bond acceptors (Lipinski definition) is 4. The van der Waals surface area contributed by atoms with E-state index in [4.69, 9.17) is 4.74 Å². The minimum atomic E-state index is -3.65. The SMILES string of the molecule is COc1ccccc1CCNS(=O)(=O)c1ccc(C(=O)NC(C)(C)C)cc1. The minimum absolute atomic E-state index is 0.120. The van der Waals surface area contributed by atoms with Gasteiger partial charge in [0.1, 0.15) is 5.75 Å². The lowest BCUT2D eigenvalue weighted by molar-refractivity contribution is 0.0919. The number of methoxy groups -OCH3 is 1. The Morgan fingerprint density at radius 1 is 1.04 bits per heavy atom. The zero-order valence-electron chi connectivity index (χ0n) is 16.1. The fourth-order valence-corrected chi connectivity index (χ4v) is 3.54. The highest BCUT2D eigenvalue weighted by atomic mass is 32.2. The maximum Gasteiger partial charge on any atom is 0.251 e. The molecule has 0 aliphatic heterocycles. The molecule has 2 N–H and O–H groups in total. The molecule has 6 nitrogen and oxygen atoms in total. The standard InChI is InChI=1S/C20H26N2O4S/c1-20(2,3)22-19(23)16-9-11-17(12-10-16)27(24,25)21-14-13-15-7-5-6-8-18(15)26-4/h5-12,21H,13-14H2,1-4H3,(H,22,23). The first-order chi connectivity index (χ1) is 12.6. The average Bonchev–Trinajstić information content (AvgIpc) is 2.60. The molecule has 0 aliphatic rings. The van der Waals surface area contributed by atoms with Crippen LogP contribution in [0.3, 0.4) is 0 Å². The molecule has 7 heteroatoms. The van der Waals surface area contributed by atoms with Crippen LogP contribution < -0.4 is 14.8 Å². The molecule has 0 heterocycles. The topological polar surface area (TPSA) is 84.5 Å². The second-order valence-electron chi connectivity index (χ2n) is 7.19. The third-order valence-corrected chi connectivity index (χ3v) is 5.27. The Bertz CT molecular complexity index is 885. The first-order valence-electron chi connectivity index (χ1n) is 8.66. The third-order valence-electron chi connectivity index (χ3n) is 3.79. The molecule has 0 atom stereocenters. The van der Waals surface area contributed by atoms with Crippen LogP contribution in [-0.2, 0) is 16.4 Å². The van der Waals surface area contributed by atoms with Gasteiger partial charge in [-0.1, -0.05) is 18.2 Å². The van der Waals surface area contributed by atoms with Gasteiger partial charge in [0.05, 0.1) is 12.0 Å². The Morgan fingerprint density at radius 3 is 2.26 bits per heavy atom. The van der Waals surface area contributed by atoms with Gasteiger partial charge in [0.25, 0.3) is 5.91 Å². The Kier molecular flexibility index (Phi) is 6.62. The molecule has 1 amide bonds. The lowest BCUT2D eigenvalue weighted by atomic mass is 10.1. The second-order valence-corrected chi connectivity index (χ2v) is 8.96. The molecule has 0 fully saturated rings. The smallest absolute Gasteiger partial charge is 0.251 e. The van der Waals surface area contributed by atoms with Crippen LogP contribution in [0.15, 0.2) is 53.4 Å². The van der Waals surface area contributed by atoms with Gasteiger partial charge in [0.15, 0.2) is 0 Å². The Hall–Kier alpha value is -2.38. The second kappa shape index (κ2) is 8.54. The van der Waals surface area contributed by atoms with E-state index in [-0.39, 0.29) is 22.9 Å². The molecule has 0 aliphatic carbocycles. The normalized spacial score (nSPS) is 11.9. The van der Waals surface area contributed by atoms with Gasteiger partial charge in [-0.15, -0.1) is 0 Å². The first-order valence-corrected chi connectivity index (χ1v) is 10.1. The molecule has 27 heavy (non-hydrogen) atoms. The van der Waals surface area contributed by atoms with Gasteiger partial charge >= 0.3 is 0 Å². The molecular weight excluding hydrogens is 364 g/mol. The van der Waals surface area contributed by atoms with Crippen LogP contribution in [0.1, 0.15) is 36.7 Å². The molecule has 0 saturated carbocycles. The Balaban J connectivity index is 2.01. The van der Waals surface area contributed by atoms with Gasteiger partial charge in [-0.25, -0.2) is 13.1 Å². The van der Waals surface area contributed by atoms with E-state index in [1.807, 2.05) is 45.0 Å². The summed E-state index contributed by atoms with van der Waals surface area (Å²) < 4.78 is 32.7. The quantitative estimate of drug-likeness (QED) is 0.761. The molecule has 0 unspecified atom stereocenters. The van der Waals surface area contributed by atoms with E-state index in [0.717, 1.165) is 11.3 Å². The van der Waals surface area contributed by atoms with Crippen molar-refractivity contribution in [3.8, 4) is 5.75 Å². The summed E-state index contributed by atoms with van der Waals surface area (Å²) in [6.45, 7) is 5.90. The summed E-state index contributed by atoms with van der Waals surface area (Å²) >= 11 is 0. The number of rotatable bonds is 7. The maximum atomic E-state index is 12.4. The number of para-hydroxylation sites is 1. The van der Waals surface area contributed by atoms with E-state index < -0.39 is 10.0 Å². The number of ether oxygens (including phenoxy) is 1. The molecule has 2 aromatic rings. The minimum Gasteiger partial charge on any atom is -0.496 e. The van der Waals surface area contributed by atoms with Crippen LogP contribution in [0.5, 0.6) is 5.75 Å². The van der Waals surface area contributed by atoms with Crippen LogP contribution >= 0.6 is 0 Å². The molecular formula is C20H26N2O4S. The van der Waals surface area contributed by atoms with Crippen molar-refractivity contribution in [1.29, 1.82) is 0 Å². The van der Waals surface area contributed by atoms with Crippen molar-refractivity contribution < 1.29 is 17.9 Å². The number of carbonyl (C=O) groups is 1. The molecule has 0 radical (unpaired) electrons. The molecule has 2 aromatic carbocycles. The molecule has 0 spiro atoms. The summed E-state index contributed by atoms with van der Waals surface area (Å²) in [5.74, 6) is 0.487. The molecule has 0 bridgehead atoms. The fourth-order valence-electron chi connectivity index (χ4n) is 2.51. The monoisotopic (exact) mass is 390 g/mol. The summed E-state index contributed by atoms with van der Waals surface area (Å²) in [6, 6.07) is 13.4. The van der Waals surface area contributed by atoms with Crippen molar-refractivity contribution in [3.05, 3.63) is 59.7 Å². The molecule has 0 saturated heterocycles. The number of nitrogens with one attached hydrogen (secondary N) is 2. The van der Waals surface area contributed by atoms with Crippen molar-refractivity contribution >= 4 is 15.9 Å². The van der Waals surface area contributed by atoms with Crippen molar-refractivity contribution in [1.82, 2.24) is 10.0 Å². The Morgan fingerprint density at radius 2 is 1.67 bits per heavy atom. The van der Waals surface area contributed by atoms with Crippen molar-refractivity contribution in [2.45, 2.75) is 37.6 Å². The van der Waals surface area contributed by atoms with E-state index in [1.54, 1.807) is 7.11 Å². The zero-order valence-corrected chi connectivity index (χ0v) is 16.9. The maximum absolute atomic E-state index is 12.4. The van der Waals surface area contributed by atoms with Crippen LogP contribution in [0, 0.1) is 0 Å². The fraction of sp³-hybridized carbons (Fsp3) is 0.350. The number of hydrogen-bond donors (Lipinski definition) is 2. The largest absolute Gasteiger partial charge is 0.496 e. The highest BCUT2D eigenvalue weighted by molar-refractivity contribution is 7.89. The van der Waals surface area contributed by atoms with Gasteiger partial charge < -0.3 is 10.1 Å². The van der Waals surface area contributed by atoms with E-state index in [9.17, 15) is 13.2 Å². The van der Waals surface area contributed by atoms with Gasteiger partial charge in [0, 0.05) is 17.6 Å². The summed E-state index contributed by atoms with van der Waals surface area (Å²) in [7, 11) is -2.07. The van der Waals surface area contributed by atoms with Crippen molar-refractivity contribution in [2.75, 3.05) is 13.7 Å². The summed E-state index contributed by atoms with van der Waals surface area (Å²) in [5.41, 5.74) is 0.983. The lowest BCUT2D eigenvalue weighted by Crippen LogP contribution is -2.40. The number of amides is 1. The predicted octanol–water partition coefficient (Wildman–Crippen LogP) is 2.74. The Labute approximate surface area is 161 Å². The van der Waals surface area contributed by atoms with Gasteiger partial charge in [-0.3, -0.25) is 4.79 Å². The van der Waals surface area contributed by atoms with Crippen LogP contribution in [-0.4, -0.2) is 33.5 Å². The summed E-state index contributed by atoms with van der Waals surface area (Å²) in [5, 5.41) is 2.84. The van der Waals surface area contributed by atoms with E-state index in [1.165, 1.54) is 24.3 Å². The summed E-state index contributed by atoms with van der Waals surface area (Å²) in [4.78, 5) is 12.2. The van der Waals surface area contributed by atoms with E-state index >= 15 is 0 Å². The van der Waals surface area contributed by atoms with Crippen LogP contribution in [0.4, 0.5) is 0 Å². The van der Waals surface area contributed by atoms with Crippen molar-refractivity contribution in [3.63, 3.8) is 0 Å². The zero-order chi connectivity index (χ0) is 20.1. The van der Waals surface area contributed by atoms with Gasteiger partial charge in [0.2, 0.25) is 10.0 Å². The lowest BCUT2D eigenvalue weighted by Gasteiger charge is -2.20. The van der Waals surface area contributed by atoms with Crippen LogP contribution in [0.2, 0.25) is 0 Å². The van der Waals surface area contributed by atoms with Crippen LogP contribution in [0.25, 0.3) is 0 Å². The molecule has 146 valence electrons. The van der Waals surface area contributed by atoms with Gasteiger partial charge in [-0.05, 0) is 63.1 Å². The number of sulfonamides is 1. The third kappa shape index (κ3) is 6.08. The molecule has 2 rings (SSSR count). The number of benzene rings is 2. The van der Waals surface area contributed by atoms with Crippen molar-refractivity contribution in [2.24, 2.45) is 0 Å². The number of carbonyl (C=O) groups excluding carboxylic acids is 1. The van der Waals surface area contributed by atoms with Gasteiger partial charge in [-0.2, -0.15) is 0 Å². The predicted molar refractivity (Wildman–Crippen MR) is 106 cm³/mol.